The van der Waals surface area contributed by atoms with Gasteiger partial charge in [0.2, 0.25) is 5.95 Å². The van der Waals surface area contributed by atoms with E-state index in [-0.39, 0.29) is 11.9 Å². The van der Waals surface area contributed by atoms with E-state index in [1.807, 2.05) is 62.1 Å². The number of methoxy groups -OCH3 is 1. The zero-order chi connectivity index (χ0) is 22.0. The van der Waals surface area contributed by atoms with Crippen molar-refractivity contribution in [3.8, 4) is 5.75 Å². The van der Waals surface area contributed by atoms with Gasteiger partial charge in [0.05, 0.1) is 18.8 Å². The van der Waals surface area contributed by atoms with Gasteiger partial charge in [-0.15, -0.1) is 0 Å². The lowest BCUT2D eigenvalue weighted by molar-refractivity contribution is 0.0732. The first-order valence-electron chi connectivity index (χ1n) is 10.5. The Hall–Kier alpha value is -3.48. The number of amides is 1. The van der Waals surface area contributed by atoms with E-state index >= 15 is 0 Å². The van der Waals surface area contributed by atoms with Crippen LogP contribution in [-0.4, -0.2) is 39.4 Å². The third-order valence-electron chi connectivity index (χ3n) is 5.38. The summed E-state index contributed by atoms with van der Waals surface area (Å²) < 4.78 is 5.28. The van der Waals surface area contributed by atoms with Crippen LogP contribution in [0, 0.1) is 20.8 Å². The Morgan fingerprint density at radius 1 is 1.03 bits per heavy atom. The van der Waals surface area contributed by atoms with E-state index in [9.17, 15) is 4.79 Å². The number of aromatic nitrogens is 3. The minimum Gasteiger partial charge on any atom is -0.497 e. The zero-order valence-corrected chi connectivity index (χ0v) is 18.3. The summed E-state index contributed by atoms with van der Waals surface area (Å²) in [5, 5.41) is 3.30. The number of carbonyl (C=O) groups is 1. The first-order chi connectivity index (χ1) is 14.9. The number of aryl methyl sites for hydroxylation is 3. The average molecular weight is 418 g/mol. The first-order valence-corrected chi connectivity index (χ1v) is 10.5. The van der Waals surface area contributed by atoms with E-state index in [0.717, 1.165) is 41.3 Å². The van der Waals surface area contributed by atoms with E-state index in [4.69, 9.17) is 9.72 Å². The summed E-state index contributed by atoms with van der Waals surface area (Å²) in [4.78, 5) is 28.8. The molecule has 7 heteroatoms. The van der Waals surface area contributed by atoms with Crippen molar-refractivity contribution < 1.29 is 9.53 Å². The van der Waals surface area contributed by atoms with Gasteiger partial charge in [0.25, 0.3) is 5.91 Å². The standard InChI is InChI=1S/C24H27N5O2/c1-15-11-16(2)27-24(26-15)28-19-12-17(3)25-21(14-19)22-9-6-10-29(22)23(30)18-7-5-8-20(13-18)31-4/h5,7-8,11-14,22H,6,9-10H2,1-4H3,(H,25,26,27,28). The highest BCUT2D eigenvalue weighted by Crippen LogP contribution is 2.34. The number of nitrogens with one attached hydrogen (secondary N) is 1. The minimum absolute atomic E-state index is 0.00291. The average Bonchev–Trinajstić information content (AvgIpc) is 3.22. The van der Waals surface area contributed by atoms with Gasteiger partial charge in [0.15, 0.2) is 0 Å². The smallest absolute Gasteiger partial charge is 0.254 e. The van der Waals surface area contributed by atoms with Gasteiger partial charge in [0, 0.05) is 34.9 Å². The third-order valence-corrected chi connectivity index (χ3v) is 5.38. The molecule has 4 rings (SSSR count). The van der Waals surface area contributed by atoms with Gasteiger partial charge in [-0.05, 0) is 70.0 Å². The highest BCUT2D eigenvalue weighted by atomic mass is 16.5. The molecule has 160 valence electrons. The fourth-order valence-corrected chi connectivity index (χ4v) is 4.09. The van der Waals surface area contributed by atoms with Gasteiger partial charge in [-0.3, -0.25) is 9.78 Å². The molecule has 0 bridgehead atoms. The van der Waals surface area contributed by atoms with Crippen LogP contribution in [0.1, 0.15) is 52.0 Å². The van der Waals surface area contributed by atoms with E-state index in [1.54, 1.807) is 13.2 Å². The van der Waals surface area contributed by atoms with Crippen LogP contribution in [0.15, 0.2) is 42.5 Å². The molecule has 3 heterocycles. The molecule has 31 heavy (non-hydrogen) atoms. The van der Waals surface area contributed by atoms with Crippen molar-refractivity contribution in [2.24, 2.45) is 0 Å². The minimum atomic E-state index is -0.0701. The molecule has 0 aliphatic carbocycles. The molecule has 0 spiro atoms. The third kappa shape index (κ3) is 4.66. The Labute approximate surface area is 182 Å². The van der Waals surface area contributed by atoms with Gasteiger partial charge in [-0.1, -0.05) is 6.07 Å². The molecule has 1 aliphatic heterocycles. The van der Waals surface area contributed by atoms with Crippen LogP contribution in [0.4, 0.5) is 11.6 Å². The molecule has 7 nitrogen and oxygen atoms in total. The van der Waals surface area contributed by atoms with E-state index in [1.165, 1.54) is 0 Å². The summed E-state index contributed by atoms with van der Waals surface area (Å²) in [7, 11) is 1.60. The second kappa shape index (κ2) is 8.71. The number of ether oxygens (including phenoxy) is 1. The second-order valence-corrected chi connectivity index (χ2v) is 7.91. The number of benzene rings is 1. The van der Waals surface area contributed by atoms with Crippen molar-refractivity contribution >= 4 is 17.5 Å². The number of carbonyl (C=O) groups excluding carboxylic acids is 1. The van der Waals surface area contributed by atoms with Crippen LogP contribution in [0.2, 0.25) is 0 Å². The summed E-state index contributed by atoms with van der Waals surface area (Å²) >= 11 is 0. The van der Waals surface area contributed by atoms with Crippen LogP contribution < -0.4 is 10.1 Å². The first kappa shape index (κ1) is 20.8. The predicted molar refractivity (Wildman–Crippen MR) is 120 cm³/mol. The van der Waals surface area contributed by atoms with Crippen molar-refractivity contribution in [1.29, 1.82) is 0 Å². The van der Waals surface area contributed by atoms with Crippen molar-refractivity contribution in [2.75, 3.05) is 19.0 Å². The molecule has 1 aromatic carbocycles. The molecule has 1 aliphatic rings. The normalized spacial score (nSPS) is 15.7. The van der Waals surface area contributed by atoms with Crippen LogP contribution in [0.5, 0.6) is 5.75 Å². The van der Waals surface area contributed by atoms with Crippen LogP contribution in [-0.2, 0) is 0 Å². The Kier molecular flexibility index (Phi) is 5.84. The Morgan fingerprint density at radius 2 is 1.77 bits per heavy atom. The fourth-order valence-electron chi connectivity index (χ4n) is 4.09. The Bertz CT molecular complexity index is 1090. The molecule has 1 amide bonds. The number of hydrogen-bond donors (Lipinski definition) is 1. The Morgan fingerprint density at radius 3 is 2.52 bits per heavy atom. The molecule has 2 aromatic heterocycles. The van der Waals surface area contributed by atoms with Gasteiger partial charge < -0.3 is 15.0 Å². The summed E-state index contributed by atoms with van der Waals surface area (Å²) in [6, 6.07) is 13.1. The van der Waals surface area contributed by atoms with E-state index in [2.05, 4.69) is 15.3 Å². The number of rotatable bonds is 5. The topological polar surface area (TPSA) is 80.2 Å². The monoisotopic (exact) mass is 417 g/mol. The summed E-state index contributed by atoms with van der Waals surface area (Å²) in [6.07, 6.45) is 1.82. The van der Waals surface area contributed by atoms with Gasteiger partial charge in [-0.2, -0.15) is 0 Å². The summed E-state index contributed by atoms with van der Waals surface area (Å²) in [5.41, 5.74) is 5.07. The molecule has 1 saturated heterocycles. The fraction of sp³-hybridized carbons (Fsp3) is 0.333. The largest absolute Gasteiger partial charge is 0.497 e. The number of nitrogens with zero attached hydrogens (tertiary/aromatic N) is 4. The van der Waals surface area contributed by atoms with E-state index in [0.29, 0.717) is 23.8 Å². The van der Waals surface area contributed by atoms with Gasteiger partial charge in [0.1, 0.15) is 5.75 Å². The van der Waals surface area contributed by atoms with Crippen molar-refractivity contribution in [3.63, 3.8) is 0 Å². The lowest BCUT2D eigenvalue weighted by Gasteiger charge is -2.25. The molecule has 1 atom stereocenters. The lowest BCUT2D eigenvalue weighted by Crippen LogP contribution is -2.31. The molecule has 0 saturated carbocycles. The van der Waals surface area contributed by atoms with Gasteiger partial charge in [-0.25, -0.2) is 9.97 Å². The maximum atomic E-state index is 13.2. The lowest BCUT2D eigenvalue weighted by atomic mass is 10.1. The quantitative estimate of drug-likeness (QED) is 0.657. The van der Waals surface area contributed by atoms with E-state index < -0.39 is 0 Å². The molecule has 0 radical (unpaired) electrons. The molecule has 1 fully saturated rings. The highest BCUT2D eigenvalue weighted by molar-refractivity contribution is 5.95. The second-order valence-electron chi connectivity index (χ2n) is 7.91. The molecular weight excluding hydrogens is 390 g/mol. The molecule has 3 aromatic rings. The highest BCUT2D eigenvalue weighted by Gasteiger charge is 2.32. The molecule has 1 unspecified atom stereocenters. The SMILES string of the molecule is COc1cccc(C(=O)N2CCCC2c2cc(Nc3nc(C)cc(C)n3)cc(C)n2)c1. The van der Waals surface area contributed by atoms with Crippen LogP contribution in [0.25, 0.3) is 0 Å². The zero-order valence-electron chi connectivity index (χ0n) is 18.3. The van der Waals surface area contributed by atoms with Crippen molar-refractivity contribution in [2.45, 2.75) is 39.7 Å². The van der Waals surface area contributed by atoms with Gasteiger partial charge >= 0.3 is 0 Å². The van der Waals surface area contributed by atoms with Crippen LogP contribution in [0.3, 0.4) is 0 Å². The van der Waals surface area contributed by atoms with Crippen LogP contribution >= 0.6 is 0 Å². The predicted octanol–water partition coefficient (Wildman–Crippen LogP) is 4.53. The summed E-state index contributed by atoms with van der Waals surface area (Å²) in [6.45, 7) is 6.56. The molecule has 1 N–H and O–H groups in total. The maximum Gasteiger partial charge on any atom is 0.254 e. The number of hydrogen-bond acceptors (Lipinski definition) is 6. The van der Waals surface area contributed by atoms with Crippen molar-refractivity contribution in [3.05, 3.63) is 70.8 Å². The van der Waals surface area contributed by atoms with Crippen molar-refractivity contribution in [1.82, 2.24) is 19.9 Å². The molecular formula is C24H27N5O2. The number of anilines is 2. The summed E-state index contributed by atoms with van der Waals surface area (Å²) in [5.74, 6) is 1.23. The maximum absolute atomic E-state index is 13.2. The Balaban J connectivity index is 1.61. The number of likely N-dealkylation sites (tertiary alicyclic amines) is 1. The number of pyridine rings is 1.